The predicted octanol–water partition coefficient (Wildman–Crippen LogP) is 2.35. The van der Waals surface area contributed by atoms with Crippen LogP contribution in [0.1, 0.15) is 34.6 Å². The van der Waals surface area contributed by atoms with Gasteiger partial charge in [-0.1, -0.05) is 0 Å². The zero-order valence-electron chi connectivity index (χ0n) is 15.3. The molecule has 3 rings (SSSR count). The first-order valence-electron chi connectivity index (χ1n) is 8.78. The van der Waals surface area contributed by atoms with Gasteiger partial charge in [-0.3, -0.25) is 4.79 Å². The highest BCUT2D eigenvalue weighted by Crippen LogP contribution is 2.25. The second kappa shape index (κ2) is 7.61. The van der Waals surface area contributed by atoms with Crippen LogP contribution in [0.5, 0.6) is 5.75 Å². The minimum atomic E-state index is -1.25. The van der Waals surface area contributed by atoms with Gasteiger partial charge in [0.15, 0.2) is 0 Å². The Morgan fingerprint density at radius 1 is 1.11 bits per heavy atom. The van der Waals surface area contributed by atoms with Crippen LogP contribution in [0.25, 0.3) is 0 Å². The van der Waals surface area contributed by atoms with E-state index in [9.17, 15) is 14.7 Å². The number of anilines is 2. The van der Waals surface area contributed by atoms with Crippen molar-refractivity contribution in [2.45, 2.75) is 26.7 Å². The zero-order chi connectivity index (χ0) is 19.6. The molecule has 0 bridgehead atoms. The molecule has 0 unspecified atom stereocenters. The SMILES string of the molecule is Cc1cc(C)nc(N2CCC(C(=O)Nc3ccc(O)c(C(=O)O)c3)CC2)n1. The van der Waals surface area contributed by atoms with Crippen molar-refractivity contribution in [3.8, 4) is 5.75 Å². The lowest BCUT2D eigenvalue weighted by molar-refractivity contribution is -0.120. The highest BCUT2D eigenvalue weighted by atomic mass is 16.4. The molecule has 8 heteroatoms. The normalized spacial score (nSPS) is 14.8. The average molecular weight is 370 g/mol. The molecule has 1 fully saturated rings. The summed E-state index contributed by atoms with van der Waals surface area (Å²) in [5, 5.41) is 21.4. The Hall–Kier alpha value is -3.16. The van der Waals surface area contributed by atoms with Crippen LogP contribution in [-0.2, 0) is 4.79 Å². The third-order valence-corrected chi connectivity index (χ3v) is 4.61. The van der Waals surface area contributed by atoms with E-state index in [1.165, 1.54) is 18.2 Å². The van der Waals surface area contributed by atoms with Crippen LogP contribution in [0.15, 0.2) is 24.3 Å². The second-order valence-corrected chi connectivity index (χ2v) is 6.74. The molecular weight excluding hydrogens is 348 g/mol. The number of nitrogens with zero attached hydrogens (tertiary/aromatic N) is 3. The Kier molecular flexibility index (Phi) is 5.25. The van der Waals surface area contributed by atoms with Crippen molar-refractivity contribution in [3.05, 3.63) is 41.2 Å². The largest absolute Gasteiger partial charge is 0.507 e. The minimum absolute atomic E-state index is 0.155. The van der Waals surface area contributed by atoms with Gasteiger partial charge in [0.2, 0.25) is 11.9 Å². The van der Waals surface area contributed by atoms with Crippen LogP contribution in [0.3, 0.4) is 0 Å². The summed E-state index contributed by atoms with van der Waals surface area (Å²) in [6.07, 6.45) is 1.32. The number of benzene rings is 1. The van der Waals surface area contributed by atoms with E-state index in [-0.39, 0.29) is 23.1 Å². The van der Waals surface area contributed by atoms with Gasteiger partial charge < -0.3 is 20.4 Å². The maximum Gasteiger partial charge on any atom is 0.339 e. The van der Waals surface area contributed by atoms with Gasteiger partial charge >= 0.3 is 5.97 Å². The van der Waals surface area contributed by atoms with E-state index in [1.54, 1.807) is 0 Å². The van der Waals surface area contributed by atoms with E-state index < -0.39 is 5.97 Å². The summed E-state index contributed by atoms with van der Waals surface area (Å²) < 4.78 is 0. The molecule has 1 aliphatic heterocycles. The van der Waals surface area contributed by atoms with Crippen LogP contribution in [0.4, 0.5) is 11.6 Å². The molecule has 1 aromatic heterocycles. The number of aromatic carboxylic acids is 1. The molecule has 0 saturated carbocycles. The molecule has 8 nitrogen and oxygen atoms in total. The first kappa shape index (κ1) is 18.6. The molecule has 1 aliphatic rings. The number of aryl methyl sites for hydroxylation is 2. The Morgan fingerprint density at radius 3 is 2.33 bits per heavy atom. The average Bonchev–Trinajstić information content (AvgIpc) is 2.62. The molecule has 142 valence electrons. The topological polar surface area (TPSA) is 116 Å². The van der Waals surface area contributed by atoms with E-state index in [0.29, 0.717) is 37.6 Å². The van der Waals surface area contributed by atoms with E-state index in [4.69, 9.17) is 5.11 Å². The van der Waals surface area contributed by atoms with E-state index in [1.807, 2.05) is 19.9 Å². The maximum absolute atomic E-state index is 12.5. The fourth-order valence-electron chi connectivity index (χ4n) is 3.22. The number of phenols is 1. The lowest BCUT2D eigenvalue weighted by Gasteiger charge is -2.31. The van der Waals surface area contributed by atoms with Gasteiger partial charge in [-0.05, 0) is 51.0 Å². The number of aromatic hydroxyl groups is 1. The van der Waals surface area contributed by atoms with Crippen molar-refractivity contribution in [1.82, 2.24) is 9.97 Å². The molecule has 0 aliphatic carbocycles. The molecular formula is C19H22N4O4. The number of nitrogens with one attached hydrogen (secondary N) is 1. The van der Waals surface area contributed by atoms with Gasteiger partial charge in [-0.2, -0.15) is 0 Å². The standard InChI is InChI=1S/C19H22N4O4/c1-11-9-12(2)21-19(20-11)23-7-5-13(6-8-23)17(25)22-14-3-4-16(24)15(10-14)18(26)27/h3-4,9-10,13,24H,5-8H2,1-2H3,(H,22,25)(H,26,27). The Bertz CT molecular complexity index is 856. The molecule has 0 atom stereocenters. The number of carboxylic acids is 1. The van der Waals surface area contributed by atoms with Gasteiger partial charge in [0.25, 0.3) is 0 Å². The van der Waals surface area contributed by atoms with E-state index >= 15 is 0 Å². The van der Waals surface area contributed by atoms with Gasteiger partial charge in [0.1, 0.15) is 11.3 Å². The predicted molar refractivity (Wildman–Crippen MR) is 100 cm³/mol. The summed E-state index contributed by atoms with van der Waals surface area (Å²) in [4.78, 5) is 34.6. The molecule has 0 radical (unpaired) electrons. The smallest absolute Gasteiger partial charge is 0.339 e. The number of hydrogen-bond donors (Lipinski definition) is 3. The van der Waals surface area contributed by atoms with Crippen LogP contribution < -0.4 is 10.2 Å². The zero-order valence-corrected chi connectivity index (χ0v) is 15.3. The Labute approximate surface area is 156 Å². The molecule has 1 amide bonds. The van der Waals surface area contributed by atoms with Crippen molar-refractivity contribution < 1.29 is 19.8 Å². The quantitative estimate of drug-likeness (QED) is 0.708. The number of aromatic nitrogens is 2. The Balaban J connectivity index is 1.62. The van der Waals surface area contributed by atoms with Crippen LogP contribution in [0.2, 0.25) is 0 Å². The van der Waals surface area contributed by atoms with Gasteiger partial charge in [0, 0.05) is 36.1 Å². The van der Waals surface area contributed by atoms with E-state index in [2.05, 4.69) is 20.2 Å². The summed E-state index contributed by atoms with van der Waals surface area (Å²) in [7, 11) is 0. The van der Waals surface area contributed by atoms with Gasteiger partial charge in [-0.15, -0.1) is 0 Å². The number of carbonyl (C=O) groups is 2. The summed E-state index contributed by atoms with van der Waals surface area (Å²) in [6, 6.07) is 5.93. The number of carboxylic acid groups (broad SMARTS) is 1. The van der Waals surface area contributed by atoms with Crippen LogP contribution >= 0.6 is 0 Å². The third kappa shape index (κ3) is 4.33. The number of carbonyl (C=O) groups excluding carboxylic acids is 1. The third-order valence-electron chi connectivity index (χ3n) is 4.61. The summed E-state index contributed by atoms with van der Waals surface area (Å²) in [5.41, 5.74) is 1.95. The van der Waals surface area contributed by atoms with Crippen molar-refractivity contribution in [1.29, 1.82) is 0 Å². The molecule has 0 spiro atoms. The first-order valence-corrected chi connectivity index (χ1v) is 8.78. The fraction of sp³-hybridized carbons (Fsp3) is 0.368. The minimum Gasteiger partial charge on any atom is -0.507 e. The molecule has 2 heterocycles. The monoisotopic (exact) mass is 370 g/mol. The van der Waals surface area contributed by atoms with Crippen LogP contribution in [0, 0.1) is 19.8 Å². The number of rotatable bonds is 4. The van der Waals surface area contributed by atoms with Crippen molar-refractivity contribution in [2.24, 2.45) is 5.92 Å². The number of hydrogen-bond acceptors (Lipinski definition) is 6. The lowest BCUT2D eigenvalue weighted by Crippen LogP contribution is -2.39. The highest BCUT2D eigenvalue weighted by Gasteiger charge is 2.26. The second-order valence-electron chi connectivity index (χ2n) is 6.74. The van der Waals surface area contributed by atoms with Gasteiger partial charge in [0.05, 0.1) is 0 Å². The van der Waals surface area contributed by atoms with Crippen LogP contribution in [-0.4, -0.2) is 45.1 Å². The fourth-order valence-corrected chi connectivity index (χ4v) is 3.22. The summed E-state index contributed by atoms with van der Waals surface area (Å²) in [6.45, 7) is 5.22. The maximum atomic E-state index is 12.5. The number of amides is 1. The summed E-state index contributed by atoms with van der Waals surface area (Å²) in [5.74, 6) is -1.21. The molecule has 27 heavy (non-hydrogen) atoms. The van der Waals surface area contributed by atoms with Crippen molar-refractivity contribution in [2.75, 3.05) is 23.3 Å². The summed E-state index contributed by atoms with van der Waals surface area (Å²) >= 11 is 0. The molecule has 3 N–H and O–H groups in total. The molecule has 2 aromatic rings. The van der Waals surface area contributed by atoms with Gasteiger partial charge in [-0.25, -0.2) is 14.8 Å². The first-order chi connectivity index (χ1) is 12.8. The molecule has 1 saturated heterocycles. The molecule has 1 aromatic carbocycles. The van der Waals surface area contributed by atoms with Crippen molar-refractivity contribution in [3.63, 3.8) is 0 Å². The lowest BCUT2D eigenvalue weighted by atomic mass is 9.96. The number of piperidine rings is 1. The highest BCUT2D eigenvalue weighted by molar-refractivity contribution is 5.96. The van der Waals surface area contributed by atoms with Crippen molar-refractivity contribution >= 4 is 23.5 Å². The Morgan fingerprint density at radius 2 is 1.74 bits per heavy atom. The van der Waals surface area contributed by atoms with E-state index in [0.717, 1.165) is 11.4 Å².